The van der Waals surface area contributed by atoms with Crippen LogP contribution in [0.15, 0.2) is 23.1 Å². The van der Waals surface area contributed by atoms with E-state index in [1.807, 2.05) is 0 Å². The van der Waals surface area contributed by atoms with E-state index in [0.29, 0.717) is 0 Å². The van der Waals surface area contributed by atoms with Crippen molar-refractivity contribution < 1.29 is 36.5 Å². The summed E-state index contributed by atoms with van der Waals surface area (Å²) in [5.41, 5.74) is 0. The summed E-state index contributed by atoms with van der Waals surface area (Å²) in [5, 5.41) is 18.7. The first-order valence-corrected chi connectivity index (χ1v) is 7.35. The number of aromatic hydroxyl groups is 1. The number of halogens is 3. The number of hydrogen-bond donors (Lipinski definition) is 3. The number of phenols is 1. The van der Waals surface area contributed by atoms with Gasteiger partial charge in [0.2, 0.25) is 10.0 Å². The molecule has 0 unspecified atom stereocenters. The quantitative estimate of drug-likeness (QED) is 0.769. The molecule has 0 aromatic heterocycles. The van der Waals surface area contributed by atoms with E-state index in [0.717, 1.165) is 18.2 Å². The van der Waals surface area contributed by atoms with Crippen LogP contribution in [0.25, 0.3) is 0 Å². The van der Waals surface area contributed by atoms with E-state index < -0.39 is 44.9 Å². The van der Waals surface area contributed by atoms with Crippen LogP contribution >= 0.6 is 0 Å². The zero-order valence-electron chi connectivity index (χ0n) is 10.5. The highest BCUT2D eigenvalue weighted by Crippen LogP contribution is 2.36. The topological polar surface area (TPSA) is 95.9 Å². The van der Waals surface area contributed by atoms with Crippen molar-refractivity contribution in [2.24, 2.45) is 0 Å². The van der Waals surface area contributed by atoms with Crippen molar-refractivity contribution in [1.29, 1.82) is 0 Å². The third-order valence-electron chi connectivity index (χ3n) is 2.89. The van der Waals surface area contributed by atoms with Gasteiger partial charge in [-0.05, 0) is 25.0 Å². The van der Waals surface area contributed by atoms with Gasteiger partial charge in [-0.25, -0.2) is 13.1 Å². The van der Waals surface area contributed by atoms with E-state index in [2.05, 4.69) is 9.46 Å². The summed E-state index contributed by atoms with van der Waals surface area (Å²) < 4.78 is 66.7. The number of hydrogen-bond acceptors (Lipinski definition) is 5. The molecule has 2 rings (SSSR count). The molecule has 21 heavy (non-hydrogen) atoms. The van der Waals surface area contributed by atoms with Gasteiger partial charge in [0, 0.05) is 6.04 Å². The second-order valence-corrected chi connectivity index (χ2v) is 6.25. The molecule has 0 amide bonds. The fraction of sp³-hybridized carbons (Fsp3) is 0.455. The van der Waals surface area contributed by atoms with Gasteiger partial charge < -0.3 is 14.9 Å². The molecule has 0 heterocycles. The lowest BCUT2D eigenvalue weighted by molar-refractivity contribution is -0.275. The SMILES string of the molecule is O=S(=O)(NC1CC(O)C1)c1c(O)cccc1OC(F)(F)F. The van der Waals surface area contributed by atoms with Crippen LogP contribution in [0.2, 0.25) is 0 Å². The van der Waals surface area contributed by atoms with Gasteiger partial charge in [-0.2, -0.15) is 0 Å². The number of sulfonamides is 1. The standard InChI is InChI=1S/C11H12F3NO5S/c12-11(13,14)20-9-3-1-2-8(17)10(9)21(18,19)15-6-4-7(16)5-6/h1-3,6-7,15-17H,4-5H2. The number of nitrogens with one attached hydrogen (secondary N) is 1. The fourth-order valence-corrected chi connectivity index (χ4v) is 3.41. The smallest absolute Gasteiger partial charge is 0.506 e. The molecule has 6 nitrogen and oxygen atoms in total. The summed E-state index contributed by atoms with van der Waals surface area (Å²) in [6.45, 7) is 0. The molecule has 1 aliphatic carbocycles. The lowest BCUT2D eigenvalue weighted by Crippen LogP contribution is -2.46. The maximum Gasteiger partial charge on any atom is 0.573 e. The Morgan fingerprint density at radius 1 is 1.29 bits per heavy atom. The van der Waals surface area contributed by atoms with Crippen LogP contribution < -0.4 is 9.46 Å². The zero-order chi connectivity index (χ0) is 15.8. The Morgan fingerprint density at radius 2 is 1.90 bits per heavy atom. The van der Waals surface area contributed by atoms with Crippen molar-refractivity contribution >= 4 is 10.0 Å². The van der Waals surface area contributed by atoms with Crippen LogP contribution in [-0.4, -0.2) is 37.1 Å². The van der Waals surface area contributed by atoms with Gasteiger partial charge in [0.05, 0.1) is 6.10 Å². The van der Waals surface area contributed by atoms with Gasteiger partial charge in [-0.15, -0.1) is 13.2 Å². The fourth-order valence-electron chi connectivity index (χ4n) is 1.94. The summed E-state index contributed by atoms with van der Waals surface area (Å²) in [5.74, 6) is -1.88. The largest absolute Gasteiger partial charge is 0.573 e. The van der Waals surface area contributed by atoms with Crippen LogP contribution in [0.5, 0.6) is 11.5 Å². The van der Waals surface area contributed by atoms with Gasteiger partial charge >= 0.3 is 6.36 Å². The average Bonchev–Trinajstić information content (AvgIpc) is 2.23. The summed E-state index contributed by atoms with van der Waals surface area (Å²) >= 11 is 0. The van der Waals surface area contributed by atoms with Crippen molar-refractivity contribution in [2.45, 2.75) is 36.2 Å². The van der Waals surface area contributed by atoms with Gasteiger partial charge in [0.15, 0.2) is 10.6 Å². The lowest BCUT2D eigenvalue weighted by atomic mass is 9.91. The molecule has 0 spiro atoms. The Kier molecular flexibility index (Phi) is 4.04. The summed E-state index contributed by atoms with van der Waals surface area (Å²) in [6, 6.07) is 2.16. The van der Waals surface area contributed by atoms with Crippen molar-refractivity contribution in [3.63, 3.8) is 0 Å². The highest BCUT2D eigenvalue weighted by atomic mass is 32.2. The summed E-state index contributed by atoms with van der Waals surface area (Å²) in [6.07, 6.45) is -5.43. The zero-order valence-corrected chi connectivity index (χ0v) is 11.3. The number of benzene rings is 1. The van der Waals surface area contributed by atoms with Gasteiger partial charge in [-0.3, -0.25) is 0 Å². The van der Waals surface area contributed by atoms with Gasteiger partial charge in [-0.1, -0.05) is 6.07 Å². The van der Waals surface area contributed by atoms with E-state index in [4.69, 9.17) is 5.11 Å². The molecule has 1 aliphatic rings. The molecule has 1 aromatic carbocycles. The minimum Gasteiger partial charge on any atom is -0.506 e. The van der Waals surface area contributed by atoms with E-state index in [1.54, 1.807) is 0 Å². The lowest BCUT2D eigenvalue weighted by Gasteiger charge is -2.31. The predicted molar refractivity (Wildman–Crippen MR) is 64.1 cm³/mol. The molecule has 10 heteroatoms. The maximum absolute atomic E-state index is 12.3. The van der Waals surface area contributed by atoms with E-state index >= 15 is 0 Å². The molecule has 3 N–H and O–H groups in total. The normalized spacial score (nSPS) is 22.7. The van der Waals surface area contributed by atoms with Crippen LogP contribution in [0, 0.1) is 0 Å². The molecule has 0 atom stereocenters. The number of phenolic OH excluding ortho intramolecular Hbond substituents is 1. The van der Waals surface area contributed by atoms with Crippen LogP contribution in [0.3, 0.4) is 0 Å². The second kappa shape index (κ2) is 5.35. The molecular formula is C11H12F3NO5S. The highest BCUT2D eigenvalue weighted by molar-refractivity contribution is 7.89. The Hall–Kier alpha value is -1.52. The van der Waals surface area contributed by atoms with Crippen LogP contribution in [0.1, 0.15) is 12.8 Å². The monoisotopic (exact) mass is 327 g/mol. The molecule has 118 valence electrons. The Bertz CT molecular complexity index is 625. The first-order chi connectivity index (χ1) is 9.58. The molecule has 1 aromatic rings. The Labute approximate surface area is 118 Å². The van der Waals surface area contributed by atoms with Crippen molar-refractivity contribution in [1.82, 2.24) is 4.72 Å². The van der Waals surface area contributed by atoms with E-state index in [-0.39, 0.29) is 12.8 Å². The minimum absolute atomic E-state index is 0.155. The molecule has 1 fully saturated rings. The number of ether oxygens (including phenoxy) is 1. The maximum atomic E-state index is 12.3. The molecule has 0 bridgehead atoms. The number of rotatable bonds is 4. The second-order valence-electron chi connectivity index (χ2n) is 4.60. The first-order valence-electron chi connectivity index (χ1n) is 5.86. The number of aliphatic hydroxyl groups excluding tert-OH is 1. The molecule has 0 aliphatic heterocycles. The molecule has 0 saturated heterocycles. The third-order valence-corrected chi connectivity index (χ3v) is 4.48. The average molecular weight is 327 g/mol. The van der Waals surface area contributed by atoms with E-state index in [9.17, 15) is 26.7 Å². The van der Waals surface area contributed by atoms with Crippen LogP contribution in [0.4, 0.5) is 13.2 Å². The number of aliphatic hydroxyl groups is 1. The minimum atomic E-state index is -5.09. The van der Waals surface area contributed by atoms with Crippen molar-refractivity contribution in [3.8, 4) is 11.5 Å². The van der Waals surface area contributed by atoms with Crippen LogP contribution in [-0.2, 0) is 10.0 Å². The third kappa shape index (κ3) is 3.77. The predicted octanol–water partition coefficient (Wildman–Crippen LogP) is 1.09. The first kappa shape index (κ1) is 15.9. The Balaban J connectivity index is 2.33. The summed E-state index contributed by atoms with van der Waals surface area (Å²) in [7, 11) is -4.41. The number of alkyl halides is 3. The van der Waals surface area contributed by atoms with Crippen molar-refractivity contribution in [3.05, 3.63) is 18.2 Å². The van der Waals surface area contributed by atoms with E-state index in [1.165, 1.54) is 0 Å². The molecule has 1 saturated carbocycles. The van der Waals surface area contributed by atoms with Gasteiger partial charge in [0.25, 0.3) is 0 Å². The highest BCUT2D eigenvalue weighted by Gasteiger charge is 2.37. The molecular weight excluding hydrogens is 315 g/mol. The Morgan fingerprint density at radius 3 is 2.43 bits per heavy atom. The summed E-state index contributed by atoms with van der Waals surface area (Å²) in [4.78, 5) is -0.983. The van der Waals surface area contributed by atoms with Crippen molar-refractivity contribution in [2.75, 3.05) is 0 Å². The molecule has 0 radical (unpaired) electrons. The van der Waals surface area contributed by atoms with Gasteiger partial charge in [0.1, 0.15) is 5.75 Å².